The molecule has 0 amide bonds. The van der Waals surface area contributed by atoms with E-state index in [2.05, 4.69) is 9.88 Å². The lowest BCUT2D eigenvalue weighted by Gasteiger charge is -2.33. The maximum Gasteiger partial charge on any atom is 0.304 e. The van der Waals surface area contributed by atoms with Crippen LogP contribution in [0.5, 0.6) is 0 Å². The quantitative estimate of drug-likeness (QED) is 0.887. The molecule has 2 rings (SSSR count). The highest BCUT2D eigenvalue weighted by Gasteiger charge is 2.25. The lowest BCUT2D eigenvalue weighted by Crippen LogP contribution is -2.43. The van der Waals surface area contributed by atoms with Gasteiger partial charge in [0.15, 0.2) is 0 Å². The summed E-state index contributed by atoms with van der Waals surface area (Å²) < 4.78 is 0. The molecule has 1 fully saturated rings. The second-order valence-electron chi connectivity index (χ2n) is 3.78. The van der Waals surface area contributed by atoms with Crippen molar-refractivity contribution in [2.45, 2.75) is 19.0 Å². The van der Waals surface area contributed by atoms with Gasteiger partial charge in [-0.05, 0) is 0 Å². The highest BCUT2D eigenvalue weighted by Crippen LogP contribution is 2.21. The number of thioether (sulfide) groups is 1. The van der Waals surface area contributed by atoms with Gasteiger partial charge in [-0.2, -0.15) is 11.8 Å². The monoisotopic (exact) mass is 258 g/mol. The topological polar surface area (TPSA) is 53.4 Å². The Balaban J connectivity index is 1.96. The number of carboxylic acid groups (broad SMARTS) is 1. The molecule has 6 heteroatoms. The normalized spacial score (nSPS) is 22.1. The van der Waals surface area contributed by atoms with Crippen molar-refractivity contribution in [3.8, 4) is 0 Å². The molecule has 1 aliphatic heterocycles. The molecule has 2 heterocycles. The highest BCUT2D eigenvalue weighted by atomic mass is 32.2. The first-order valence-corrected chi connectivity index (χ1v) is 7.26. The Bertz CT molecular complexity index is 343. The van der Waals surface area contributed by atoms with Crippen LogP contribution in [-0.4, -0.2) is 45.1 Å². The fourth-order valence-electron chi connectivity index (χ4n) is 1.81. The van der Waals surface area contributed by atoms with Crippen molar-refractivity contribution in [3.05, 3.63) is 16.6 Å². The number of hydrogen-bond acceptors (Lipinski definition) is 5. The minimum atomic E-state index is -0.712. The molecule has 4 nitrogen and oxygen atoms in total. The molecule has 0 aliphatic carbocycles. The Labute approximate surface area is 103 Å². The van der Waals surface area contributed by atoms with Gasteiger partial charge in [-0.15, -0.1) is 11.3 Å². The molecular formula is C10H14N2O2S2. The van der Waals surface area contributed by atoms with Crippen molar-refractivity contribution in [3.63, 3.8) is 0 Å². The van der Waals surface area contributed by atoms with Gasteiger partial charge in [0.25, 0.3) is 0 Å². The van der Waals surface area contributed by atoms with E-state index in [0.717, 1.165) is 30.3 Å². The van der Waals surface area contributed by atoms with Gasteiger partial charge in [-0.1, -0.05) is 0 Å². The van der Waals surface area contributed by atoms with Crippen LogP contribution in [0.1, 0.15) is 12.1 Å². The van der Waals surface area contributed by atoms with Crippen LogP contribution in [0.25, 0.3) is 0 Å². The predicted octanol–water partition coefficient (Wildman–Crippen LogP) is 1.54. The summed E-state index contributed by atoms with van der Waals surface area (Å²) >= 11 is 3.42. The summed E-state index contributed by atoms with van der Waals surface area (Å²) in [5.41, 5.74) is 2.87. The third-order valence-corrected chi connectivity index (χ3v) is 4.34. The predicted molar refractivity (Wildman–Crippen MR) is 65.9 cm³/mol. The summed E-state index contributed by atoms with van der Waals surface area (Å²) in [7, 11) is 0. The summed E-state index contributed by atoms with van der Waals surface area (Å²) in [6.45, 7) is 1.74. The molecule has 0 spiro atoms. The molecule has 1 aliphatic rings. The van der Waals surface area contributed by atoms with Gasteiger partial charge in [0.2, 0.25) is 0 Å². The molecule has 0 saturated carbocycles. The summed E-state index contributed by atoms with van der Waals surface area (Å²) in [6.07, 6.45) is 0.233. The van der Waals surface area contributed by atoms with E-state index >= 15 is 0 Å². The Morgan fingerprint density at radius 2 is 2.56 bits per heavy atom. The van der Waals surface area contributed by atoms with E-state index in [4.69, 9.17) is 5.11 Å². The fourth-order valence-corrected chi connectivity index (χ4v) is 3.49. The Hall–Kier alpha value is -0.590. The van der Waals surface area contributed by atoms with Crippen LogP contribution in [0.2, 0.25) is 0 Å². The number of nitrogens with zero attached hydrogens (tertiary/aromatic N) is 2. The fraction of sp³-hybridized carbons (Fsp3) is 0.600. The first kappa shape index (κ1) is 11.9. The SMILES string of the molecule is O=C(O)CC1CSCCN1Cc1cscn1. The smallest absolute Gasteiger partial charge is 0.304 e. The average molecular weight is 258 g/mol. The van der Waals surface area contributed by atoms with E-state index in [1.807, 2.05) is 22.7 Å². The zero-order chi connectivity index (χ0) is 11.4. The molecule has 1 N–H and O–H groups in total. The van der Waals surface area contributed by atoms with Crippen LogP contribution in [0.4, 0.5) is 0 Å². The molecule has 0 radical (unpaired) electrons. The zero-order valence-electron chi connectivity index (χ0n) is 8.83. The number of aromatic nitrogens is 1. The largest absolute Gasteiger partial charge is 0.481 e. The van der Waals surface area contributed by atoms with E-state index < -0.39 is 5.97 Å². The third kappa shape index (κ3) is 3.20. The number of carboxylic acids is 1. The molecule has 1 atom stereocenters. The van der Waals surface area contributed by atoms with Crippen molar-refractivity contribution >= 4 is 29.1 Å². The van der Waals surface area contributed by atoms with E-state index in [0.29, 0.717) is 0 Å². The molecule has 88 valence electrons. The van der Waals surface area contributed by atoms with Gasteiger partial charge < -0.3 is 5.11 Å². The molecule has 1 unspecified atom stereocenters. The van der Waals surface area contributed by atoms with Crippen molar-refractivity contribution in [2.24, 2.45) is 0 Å². The van der Waals surface area contributed by atoms with Crippen molar-refractivity contribution in [2.75, 3.05) is 18.1 Å². The van der Waals surface area contributed by atoms with E-state index in [1.165, 1.54) is 0 Å². The highest BCUT2D eigenvalue weighted by molar-refractivity contribution is 7.99. The number of hydrogen-bond donors (Lipinski definition) is 1. The van der Waals surface area contributed by atoms with Gasteiger partial charge in [0.1, 0.15) is 0 Å². The van der Waals surface area contributed by atoms with Gasteiger partial charge in [0.05, 0.1) is 17.6 Å². The van der Waals surface area contributed by atoms with Crippen LogP contribution in [0, 0.1) is 0 Å². The van der Waals surface area contributed by atoms with E-state index in [9.17, 15) is 4.79 Å². The number of rotatable bonds is 4. The lowest BCUT2D eigenvalue weighted by atomic mass is 10.2. The van der Waals surface area contributed by atoms with Gasteiger partial charge in [0, 0.05) is 36.0 Å². The second-order valence-corrected chi connectivity index (χ2v) is 5.65. The first-order valence-electron chi connectivity index (χ1n) is 5.16. The van der Waals surface area contributed by atoms with Gasteiger partial charge >= 0.3 is 5.97 Å². The van der Waals surface area contributed by atoms with Crippen LogP contribution >= 0.6 is 23.1 Å². The summed E-state index contributed by atoms with van der Waals surface area (Å²) in [4.78, 5) is 17.2. The summed E-state index contributed by atoms with van der Waals surface area (Å²) in [5.74, 6) is 1.28. The molecular weight excluding hydrogens is 244 g/mol. The van der Waals surface area contributed by atoms with Crippen LogP contribution in [0.3, 0.4) is 0 Å². The maximum absolute atomic E-state index is 10.8. The second kappa shape index (κ2) is 5.65. The minimum absolute atomic E-state index is 0.151. The molecule has 1 aromatic rings. The Kier molecular flexibility index (Phi) is 4.20. The van der Waals surface area contributed by atoms with Crippen molar-refractivity contribution in [1.29, 1.82) is 0 Å². The first-order chi connectivity index (χ1) is 7.75. The van der Waals surface area contributed by atoms with Crippen molar-refractivity contribution in [1.82, 2.24) is 9.88 Å². The molecule has 1 saturated heterocycles. The van der Waals surface area contributed by atoms with E-state index in [1.54, 1.807) is 11.3 Å². The van der Waals surface area contributed by atoms with Gasteiger partial charge in [-0.3, -0.25) is 9.69 Å². The van der Waals surface area contributed by atoms with E-state index in [-0.39, 0.29) is 12.5 Å². The Morgan fingerprint density at radius 1 is 1.69 bits per heavy atom. The molecule has 1 aromatic heterocycles. The minimum Gasteiger partial charge on any atom is -0.481 e. The van der Waals surface area contributed by atoms with Crippen molar-refractivity contribution < 1.29 is 9.90 Å². The Morgan fingerprint density at radius 3 is 3.25 bits per heavy atom. The summed E-state index contributed by atoms with van der Waals surface area (Å²) in [6, 6.07) is 0.151. The van der Waals surface area contributed by atoms with Gasteiger partial charge in [-0.25, -0.2) is 4.98 Å². The number of thiazole rings is 1. The molecule has 16 heavy (non-hydrogen) atoms. The molecule has 0 aromatic carbocycles. The summed E-state index contributed by atoms with van der Waals surface area (Å²) in [5, 5.41) is 10.9. The number of aliphatic carboxylic acids is 1. The lowest BCUT2D eigenvalue weighted by molar-refractivity contribution is -0.138. The number of carbonyl (C=O) groups is 1. The third-order valence-electron chi connectivity index (χ3n) is 2.61. The average Bonchev–Trinajstić information content (AvgIpc) is 2.73. The van der Waals surface area contributed by atoms with Crippen LogP contribution in [-0.2, 0) is 11.3 Å². The van der Waals surface area contributed by atoms with Crippen LogP contribution < -0.4 is 0 Å². The zero-order valence-corrected chi connectivity index (χ0v) is 10.5. The maximum atomic E-state index is 10.8. The molecule has 0 bridgehead atoms. The standard InChI is InChI=1S/C10H14N2O2S2/c13-10(14)3-9-6-15-2-1-12(9)4-8-5-16-7-11-8/h5,7,9H,1-4,6H2,(H,13,14). The van der Waals surface area contributed by atoms with Crippen LogP contribution in [0.15, 0.2) is 10.9 Å².